The van der Waals surface area contributed by atoms with Crippen molar-refractivity contribution in [2.75, 3.05) is 30.0 Å². The molecule has 33 heavy (non-hydrogen) atoms. The van der Waals surface area contributed by atoms with Gasteiger partial charge in [0, 0.05) is 35.3 Å². The molecular weight excluding hydrogens is 462 g/mol. The van der Waals surface area contributed by atoms with Gasteiger partial charge in [0.25, 0.3) is 0 Å². The zero-order valence-corrected chi connectivity index (χ0v) is 20.5. The number of anilines is 2. The number of fused-ring (bicyclic) bond motifs is 1. The molecule has 0 bridgehead atoms. The van der Waals surface area contributed by atoms with Gasteiger partial charge >= 0.3 is 5.97 Å². The van der Waals surface area contributed by atoms with E-state index in [0.717, 1.165) is 21.8 Å². The van der Waals surface area contributed by atoms with E-state index in [1.54, 1.807) is 11.0 Å². The lowest BCUT2D eigenvalue weighted by molar-refractivity contribution is -0.129. The highest BCUT2D eigenvalue weighted by Crippen LogP contribution is 2.38. The maximum atomic E-state index is 12.7. The molecular formula is C23H27N3O5S2. The smallest absolute Gasteiger partial charge is 0.341 e. The number of thiophene rings is 1. The van der Waals surface area contributed by atoms with Gasteiger partial charge in [-0.3, -0.25) is 14.4 Å². The Labute approximate surface area is 201 Å². The summed E-state index contributed by atoms with van der Waals surface area (Å²) in [5.74, 6) is -0.689. The number of rotatable bonds is 8. The van der Waals surface area contributed by atoms with Gasteiger partial charge in [0.15, 0.2) is 0 Å². The van der Waals surface area contributed by atoms with Gasteiger partial charge in [-0.05, 0) is 36.6 Å². The maximum absolute atomic E-state index is 12.7. The van der Waals surface area contributed by atoms with E-state index in [-0.39, 0.29) is 23.5 Å². The number of carbonyl (C=O) groups excluding carboxylic acids is 4. The van der Waals surface area contributed by atoms with Gasteiger partial charge in [0.05, 0.1) is 25.0 Å². The zero-order chi connectivity index (χ0) is 24.0. The van der Waals surface area contributed by atoms with Crippen LogP contribution in [-0.4, -0.2) is 48.0 Å². The normalized spacial score (nSPS) is 12.6. The molecule has 0 spiro atoms. The van der Waals surface area contributed by atoms with Crippen LogP contribution in [0.2, 0.25) is 0 Å². The van der Waals surface area contributed by atoms with Gasteiger partial charge in [-0.25, -0.2) is 4.79 Å². The lowest BCUT2D eigenvalue weighted by atomic mass is 10.0. The molecule has 2 aromatic rings. The summed E-state index contributed by atoms with van der Waals surface area (Å²) < 4.78 is 4.94. The summed E-state index contributed by atoms with van der Waals surface area (Å²) in [6, 6.07) is 7.32. The van der Waals surface area contributed by atoms with E-state index in [0.29, 0.717) is 42.2 Å². The minimum absolute atomic E-state index is 0.0243. The number of ether oxygens (including phenoxy) is 1. The fourth-order valence-corrected chi connectivity index (χ4v) is 5.53. The summed E-state index contributed by atoms with van der Waals surface area (Å²) in [7, 11) is 1.31. The highest BCUT2D eigenvalue weighted by molar-refractivity contribution is 8.00. The van der Waals surface area contributed by atoms with Gasteiger partial charge in [0.1, 0.15) is 5.00 Å². The molecule has 1 aliphatic heterocycles. The summed E-state index contributed by atoms with van der Waals surface area (Å²) in [5, 5.41) is 6.14. The standard InChI is InChI=1S/C23H27N3O5S2/c1-4-6-19(28)24-15-7-5-8-16(11-15)32-13-20(29)25-22-21(23(30)31-3)17-9-10-26(14(2)27)12-18(17)33-22/h5,7-8,11H,4,6,9-10,12-13H2,1-3H3,(H,24,28)(H,25,29). The molecule has 8 nitrogen and oxygen atoms in total. The minimum atomic E-state index is -0.498. The lowest BCUT2D eigenvalue weighted by Gasteiger charge is -2.25. The fourth-order valence-electron chi connectivity index (χ4n) is 3.50. The van der Waals surface area contributed by atoms with Crippen molar-refractivity contribution in [3.8, 4) is 0 Å². The number of amides is 3. The Morgan fingerprint density at radius 3 is 2.67 bits per heavy atom. The Bertz CT molecular complexity index is 1070. The van der Waals surface area contributed by atoms with E-state index in [1.807, 2.05) is 25.1 Å². The number of esters is 1. The van der Waals surface area contributed by atoms with Gasteiger partial charge < -0.3 is 20.3 Å². The van der Waals surface area contributed by atoms with Crippen LogP contribution in [0.25, 0.3) is 0 Å². The number of methoxy groups -OCH3 is 1. The molecule has 3 rings (SSSR count). The van der Waals surface area contributed by atoms with Crippen LogP contribution >= 0.6 is 23.1 Å². The first kappa shape index (κ1) is 24.8. The number of hydrogen-bond donors (Lipinski definition) is 2. The van der Waals surface area contributed by atoms with Crippen LogP contribution in [-0.2, 0) is 32.1 Å². The monoisotopic (exact) mass is 489 g/mol. The Kier molecular flexibility index (Phi) is 8.51. The molecule has 0 saturated heterocycles. The summed E-state index contributed by atoms with van der Waals surface area (Å²) in [6.07, 6.45) is 1.77. The third-order valence-corrected chi connectivity index (χ3v) is 7.24. The first-order chi connectivity index (χ1) is 15.8. The predicted molar refractivity (Wildman–Crippen MR) is 130 cm³/mol. The van der Waals surface area contributed by atoms with Crippen LogP contribution in [0.4, 0.5) is 10.7 Å². The Morgan fingerprint density at radius 2 is 1.97 bits per heavy atom. The number of benzene rings is 1. The third-order valence-electron chi connectivity index (χ3n) is 5.11. The van der Waals surface area contributed by atoms with E-state index < -0.39 is 5.97 Å². The highest BCUT2D eigenvalue weighted by Gasteiger charge is 2.30. The van der Waals surface area contributed by atoms with Gasteiger partial charge in [-0.2, -0.15) is 0 Å². The highest BCUT2D eigenvalue weighted by atomic mass is 32.2. The van der Waals surface area contributed by atoms with E-state index >= 15 is 0 Å². The number of nitrogens with one attached hydrogen (secondary N) is 2. The fraction of sp³-hybridized carbons (Fsp3) is 0.391. The molecule has 1 aromatic carbocycles. The molecule has 0 aliphatic carbocycles. The first-order valence-corrected chi connectivity index (χ1v) is 12.4. The largest absolute Gasteiger partial charge is 0.465 e. The van der Waals surface area contributed by atoms with Crippen LogP contribution < -0.4 is 10.6 Å². The Morgan fingerprint density at radius 1 is 1.18 bits per heavy atom. The van der Waals surface area contributed by atoms with Gasteiger partial charge in [0.2, 0.25) is 17.7 Å². The summed E-state index contributed by atoms with van der Waals surface area (Å²) >= 11 is 2.64. The number of nitrogens with zero attached hydrogens (tertiary/aromatic N) is 1. The van der Waals surface area contributed by atoms with Crippen LogP contribution in [0.1, 0.15) is 47.5 Å². The molecule has 0 radical (unpaired) electrons. The average molecular weight is 490 g/mol. The van der Waals surface area contributed by atoms with E-state index in [9.17, 15) is 19.2 Å². The number of thioether (sulfide) groups is 1. The topological polar surface area (TPSA) is 105 Å². The lowest BCUT2D eigenvalue weighted by Crippen LogP contribution is -2.33. The SMILES string of the molecule is CCCC(=O)Nc1cccc(SCC(=O)Nc2sc3c(c2C(=O)OC)CCN(C(C)=O)C3)c1. The molecule has 1 aromatic heterocycles. The van der Waals surface area contributed by atoms with Gasteiger partial charge in [-0.15, -0.1) is 23.1 Å². The van der Waals surface area contributed by atoms with Crippen molar-refractivity contribution in [1.82, 2.24) is 4.90 Å². The predicted octanol–water partition coefficient (Wildman–Crippen LogP) is 3.91. The van der Waals surface area contributed by atoms with Crippen molar-refractivity contribution in [2.24, 2.45) is 0 Å². The van der Waals surface area contributed by atoms with Crippen molar-refractivity contribution in [1.29, 1.82) is 0 Å². The molecule has 176 valence electrons. The summed E-state index contributed by atoms with van der Waals surface area (Å²) in [6.45, 7) is 4.40. The summed E-state index contributed by atoms with van der Waals surface area (Å²) in [4.78, 5) is 52.1. The minimum Gasteiger partial charge on any atom is -0.465 e. The molecule has 0 unspecified atom stereocenters. The van der Waals surface area contributed by atoms with Crippen molar-refractivity contribution >= 4 is 57.5 Å². The van der Waals surface area contributed by atoms with E-state index in [2.05, 4.69) is 10.6 Å². The molecule has 0 saturated carbocycles. The molecule has 10 heteroatoms. The number of carbonyl (C=O) groups is 4. The second kappa shape index (κ2) is 11.3. The third kappa shape index (κ3) is 6.35. The van der Waals surface area contributed by atoms with Crippen LogP contribution in [0, 0.1) is 0 Å². The molecule has 2 N–H and O–H groups in total. The zero-order valence-electron chi connectivity index (χ0n) is 18.9. The first-order valence-electron chi connectivity index (χ1n) is 10.6. The van der Waals surface area contributed by atoms with Crippen molar-refractivity contribution in [3.63, 3.8) is 0 Å². The molecule has 3 amide bonds. The summed E-state index contributed by atoms with van der Waals surface area (Å²) in [5.41, 5.74) is 1.90. The van der Waals surface area contributed by atoms with E-state index in [4.69, 9.17) is 4.74 Å². The van der Waals surface area contributed by atoms with Crippen LogP contribution in [0.5, 0.6) is 0 Å². The quantitative estimate of drug-likeness (QED) is 0.430. The molecule has 1 aliphatic rings. The Balaban J connectivity index is 1.68. The van der Waals surface area contributed by atoms with Crippen molar-refractivity contribution < 1.29 is 23.9 Å². The molecule has 0 atom stereocenters. The van der Waals surface area contributed by atoms with Gasteiger partial charge in [-0.1, -0.05) is 13.0 Å². The molecule has 2 heterocycles. The van der Waals surface area contributed by atoms with Crippen molar-refractivity contribution in [3.05, 3.63) is 40.3 Å². The number of hydrogen-bond acceptors (Lipinski definition) is 7. The second-order valence-electron chi connectivity index (χ2n) is 7.55. The second-order valence-corrected chi connectivity index (χ2v) is 9.71. The Hall–Kier alpha value is -2.85. The molecule has 0 fully saturated rings. The van der Waals surface area contributed by atoms with E-state index in [1.165, 1.54) is 37.1 Å². The van der Waals surface area contributed by atoms with Crippen LogP contribution in [0.3, 0.4) is 0 Å². The average Bonchev–Trinajstić information content (AvgIpc) is 3.14. The van der Waals surface area contributed by atoms with Crippen LogP contribution in [0.15, 0.2) is 29.2 Å². The van der Waals surface area contributed by atoms with Crippen molar-refractivity contribution in [2.45, 2.75) is 44.6 Å². The maximum Gasteiger partial charge on any atom is 0.341 e.